The minimum atomic E-state index is -2.03. The minimum absolute atomic E-state index is 0.0779. The maximum atomic E-state index is 14.6. The van der Waals surface area contributed by atoms with Gasteiger partial charge in [0.05, 0.1) is 30.3 Å². The van der Waals surface area contributed by atoms with E-state index in [9.17, 15) is 48.3 Å². The molecule has 2 saturated heterocycles. The molecule has 2 heterocycles. The molecule has 1 saturated carbocycles. The zero-order chi connectivity index (χ0) is 62.5. The molecule has 82 heavy (non-hydrogen) atoms. The van der Waals surface area contributed by atoms with Gasteiger partial charge in [-0.25, -0.2) is 24.0 Å². The van der Waals surface area contributed by atoms with E-state index in [1.807, 2.05) is 0 Å². The number of hydrogen-bond acceptors (Lipinski definition) is 22. The van der Waals surface area contributed by atoms with Crippen LogP contribution < -0.4 is 31.9 Å². The predicted molar refractivity (Wildman–Crippen MR) is 288 cm³/mol. The fourth-order valence-electron chi connectivity index (χ4n) is 8.81. The zero-order valence-electron chi connectivity index (χ0n) is 51.1. The first-order chi connectivity index (χ1) is 37.5. The molecule has 14 atom stereocenters. The van der Waals surface area contributed by atoms with Gasteiger partial charge in [-0.2, -0.15) is 0 Å². The first kappa shape index (κ1) is 70.3. The van der Waals surface area contributed by atoms with Crippen LogP contribution >= 0.6 is 0 Å². The number of carbonyl (C=O) groups excluding carboxylic acids is 9. The van der Waals surface area contributed by atoms with Gasteiger partial charge in [-0.3, -0.25) is 19.2 Å². The van der Waals surface area contributed by atoms with Crippen molar-refractivity contribution in [2.75, 3.05) is 13.1 Å². The second-order valence-corrected chi connectivity index (χ2v) is 25.2. The van der Waals surface area contributed by atoms with Gasteiger partial charge in [0.1, 0.15) is 52.4 Å². The first-order valence-corrected chi connectivity index (χ1v) is 27.6. The average Bonchev–Trinajstić information content (AvgIpc) is 3.27. The molecule has 0 aromatic carbocycles. The molecule has 7 N–H and O–H groups in total. The summed E-state index contributed by atoms with van der Waals surface area (Å²) in [6, 6.07) is -5.35. The van der Waals surface area contributed by atoms with Crippen molar-refractivity contribution in [2.24, 2.45) is 0 Å². The lowest BCUT2D eigenvalue weighted by molar-refractivity contribution is -0.316. The lowest BCUT2D eigenvalue weighted by atomic mass is 9.83. The number of alkyl carbamates (subject to hydrolysis) is 5. The minimum Gasteiger partial charge on any atom is -0.457 e. The molecule has 1 aliphatic carbocycles. The quantitative estimate of drug-likeness (QED) is 0.0730. The van der Waals surface area contributed by atoms with Crippen LogP contribution in [0.5, 0.6) is 0 Å². The van der Waals surface area contributed by atoms with E-state index in [0.29, 0.717) is 0 Å². The largest absolute Gasteiger partial charge is 0.457 e. The smallest absolute Gasteiger partial charge is 0.408 e. The molecule has 28 heteroatoms. The Morgan fingerprint density at radius 3 is 1.43 bits per heavy atom. The molecule has 28 nitrogen and oxygen atoms in total. The Morgan fingerprint density at radius 1 is 0.512 bits per heavy atom. The molecule has 470 valence electrons. The van der Waals surface area contributed by atoms with E-state index in [4.69, 9.17) is 56.8 Å². The third-order valence-electron chi connectivity index (χ3n) is 11.6. The number of amides is 6. The molecule has 3 rings (SSSR count). The number of esters is 3. The molecular formula is C54H92N6O22. The molecule has 3 fully saturated rings. The number of aliphatic hydroxyl groups is 1. The van der Waals surface area contributed by atoms with E-state index >= 15 is 0 Å². The molecule has 0 bridgehead atoms. The maximum Gasteiger partial charge on any atom is 0.408 e. The summed E-state index contributed by atoms with van der Waals surface area (Å²) in [5.41, 5.74) is -4.79. The maximum absolute atomic E-state index is 14.6. The second-order valence-electron chi connectivity index (χ2n) is 25.2. The van der Waals surface area contributed by atoms with Crippen LogP contribution in [0.2, 0.25) is 0 Å². The van der Waals surface area contributed by atoms with Crippen LogP contribution in [0.3, 0.4) is 0 Å². The Hall–Kier alpha value is -5.97. The van der Waals surface area contributed by atoms with Gasteiger partial charge in [-0.05, 0) is 130 Å². The highest BCUT2D eigenvalue weighted by atomic mass is 16.7. The monoisotopic (exact) mass is 1180 g/mol. The molecule has 0 spiro atoms. The van der Waals surface area contributed by atoms with Gasteiger partial charge in [0, 0.05) is 40.3 Å². The highest BCUT2D eigenvalue weighted by molar-refractivity contribution is 5.84. The van der Waals surface area contributed by atoms with Gasteiger partial charge < -0.3 is 93.8 Å². The fraction of sp³-hybridized carbons (Fsp3) is 0.833. The number of carbonyl (C=O) groups is 9. The second kappa shape index (κ2) is 29.5. The molecule has 0 radical (unpaired) electrons. The van der Waals surface area contributed by atoms with Crippen LogP contribution in [-0.2, 0) is 76.0 Å². The van der Waals surface area contributed by atoms with E-state index in [2.05, 4.69) is 31.9 Å². The highest BCUT2D eigenvalue weighted by Crippen LogP contribution is 2.36. The van der Waals surface area contributed by atoms with Gasteiger partial charge in [-0.15, -0.1) is 0 Å². The molecule has 6 unspecified atom stereocenters. The fourth-order valence-corrected chi connectivity index (χ4v) is 8.81. The van der Waals surface area contributed by atoms with Crippen molar-refractivity contribution in [1.82, 2.24) is 31.9 Å². The van der Waals surface area contributed by atoms with Crippen molar-refractivity contribution >= 4 is 54.3 Å². The van der Waals surface area contributed by atoms with Gasteiger partial charge in [-0.1, -0.05) is 6.92 Å². The summed E-state index contributed by atoms with van der Waals surface area (Å²) in [4.78, 5) is 119. The Kier molecular flexibility index (Phi) is 25.3. The Labute approximate surface area is 480 Å². The van der Waals surface area contributed by atoms with Crippen molar-refractivity contribution in [2.45, 2.75) is 277 Å². The Balaban J connectivity index is 2.31. The van der Waals surface area contributed by atoms with Crippen LogP contribution in [-0.4, -0.2) is 186 Å². The number of nitrogens with one attached hydrogen (secondary N) is 6. The lowest BCUT2D eigenvalue weighted by Gasteiger charge is -2.50. The van der Waals surface area contributed by atoms with Crippen molar-refractivity contribution in [3.8, 4) is 0 Å². The molecule has 6 amide bonds. The van der Waals surface area contributed by atoms with Crippen LogP contribution in [0.4, 0.5) is 24.0 Å². The first-order valence-electron chi connectivity index (χ1n) is 27.6. The topological polar surface area (TPSA) is 357 Å². The van der Waals surface area contributed by atoms with Crippen LogP contribution in [0.1, 0.15) is 164 Å². The number of hydrogen-bond donors (Lipinski definition) is 7. The summed E-state index contributed by atoms with van der Waals surface area (Å²) in [5.74, 6) is -3.59. The van der Waals surface area contributed by atoms with E-state index in [1.165, 1.54) is 0 Å². The van der Waals surface area contributed by atoms with Gasteiger partial charge in [0.15, 0.2) is 30.9 Å². The van der Waals surface area contributed by atoms with Gasteiger partial charge >= 0.3 is 48.4 Å². The van der Waals surface area contributed by atoms with Crippen molar-refractivity contribution < 1.29 is 105 Å². The third-order valence-corrected chi connectivity index (χ3v) is 11.6. The molecule has 0 aromatic heterocycles. The van der Waals surface area contributed by atoms with Crippen molar-refractivity contribution in [3.63, 3.8) is 0 Å². The molecule has 2 aliphatic heterocycles. The van der Waals surface area contributed by atoms with E-state index < -0.39 is 174 Å². The summed E-state index contributed by atoms with van der Waals surface area (Å²) in [6.07, 6.45) is -20.1. The summed E-state index contributed by atoms with van der Waals surface area (Å²) in [7, 11) is 0. The van der Waals surface area contributed by atoms with Crippen molar-refractivity contribution in [3.05, 3.63) is 0 Å². The summed E-state index contributed by atoms with van der Waals surface area (Å²) in [6.45, 7) is 29.1. The normalized spacial score (nSPS) is 27.3. The van der Waals surface area contributed by atoms with E-state index in [1.54, 1.807) is 111 Å². The summed E-state index contributed by atoms with van der Waals surface area (Å²) in [5, 5.41) is 29.1. The number of ether oxygens (including phenoxy) is 12. The van der Waals surface area contributed by atoms with Crippen LogP contribution in [0.25, 0.3) is 0 Å². The zero-order valence-corrected chi connectivity index (χ0v) is 51.1. The standard InChI is InChI=1S/C54H92N6O22/c1-20-34-40(72-28(3)62)36(60-49(70)82-54(17,18)19)41(73-29(4)63)44(75-34)77-38-32(57-42(65)35(71-27(2)61)23-24-55-45(66)78-50(5,6)7)25-33(59-48(69)81-53(14,15)16)39(37(38)64)76-43-31(58-47(68)80-52(11,12)13)22-21-30(74-43)26-56-46(67)79-51(8,9)10/h30-41,43-44,64H,20-26H2,1-19H3,(H,55,66)(H,56,67)(H,57,65)(H,58,68)(H,59,69)(H,60,70)/t30?,31?,32-,33+,34?,35+,36+,37?,38+,39?,40+,41?,43-,44-/m1/s1. The molecule has 0 aromatic rings. The van der Waals surface area contributed by atoms with Gasteiger partial charge in [0.2, 0.25) is 0 Å². The summed E-state index contributed by atoms with van der Waals surface area (Å²) >= 11 is 0. The Bertz CT molecular complexity index is 2200. The van der Waals surface area contributed by atoms with Crippen LogP contribution in [0, 0.1) is 0 Å². The number of aliphatic hydroxyl groups excluding tert-OH is 1. The SMILES string of the molecule is CCC1O[C@H](O[C@@H]2C(O)C(O[C@H]3OC(CNC(=O)OC(C)(C)C)CCC3NC(=O)OC(C)(C)C)[C@@H](NC(=O)OC(C)(C)C)C[C@H]2NC(=O)[C@H](CCNC(=O)OC(C)(C)C)OC(C)=O)C(OC(C)=O)[C@@H](NC(=O)OC(C)(C)C)[C@H]1OC(C)=O. The third kappa shape index (κ3) is 25.3. The lowest BCUT2D eigenvalue weighted by Crippen LogP contribution is -2.71. The molecular weight excluding hydrogens is 1080 g/mol. The van der Waals surface area contributed by atoms with Crippen LogP contribution in [0.15, 0.2) is 0 Å². The van der Waals surface area contributed by atoms with Gasteiger partial charge in [0.25, 0.3) is 5.91 Å². The molecule has 3 aliphatic rings. The highest BCUT2D eigenvalue weighted by Gasteiger charge is 2.56. The van der Waals surface area contributed by atoms with E-state index in [-0.39, 0.29) is 38.8 Å². The predicted octanol–water partition coefficient (Wildman–Crippen LogP) is 4.56. The number of rotatable bonds is 18. The summed E-state index contributed by atoms with van der Waals surface area (Å²) < 4.78 is 70.8. The Morgan fingerprint density at radius 2 is 0.951 bits per heavy atom. The van der Waals surface area contributed by atoms with Crippen molar-refractivity contribution in [1.29, 1.82) is 0 Å². The average molecular weight is 1180 g/mol. The van der Waals surface area contributed by atoms with E-state index in [0.717, 1.165) is 20.8 Å².